The van der Waals surface area contributed by atoms with E-state index in [0.717, 1.165) is 5.56 Å². The number of aromatic nitrogens is 1. The Morgan fingerprint density at radius 3 is 2.81 bits per heavy atom. The van der Waals surface area contributed by atoms with Crippen LogP contribution >= 0.6 is 12.2 Å². The zero-order chi connectivity index (χ0) is 12.1. The van der Waals surface area contributed by atoms with Gasteiger partial charge in [0, 0.05) is 12.7 Å². The molecule has 2 N–H and O–H groups in total. The van der Waals surface area contributed by atoms with E-state index >= 15 is 0 Å². The number of hydrogen-bond donors (Lipinski definition) is 1. The Labute approximate surface area is 100 Å². The highest BCUT2D eigenvalue weighted by Gasteiger charge is 2.17. The first-order valence-corrected chi connectivity index (χ1v) is 5.46. The summed E-state index contributed by atoms with van der Waals surface area (Å²) in [6.07, 6.45) is 1.61. The number of nitrogens with two attached hydrogens (primary N) is 1. The van der Waals surface area contributed by atoms with Crippen molar-refractivity contribution < 1.29 is 4.79 Å². The Bertz CT molecular complexity index is 406. The van der Waals surface area contributed by atoms with Crippen molar-refractivity contribution >= 4 is 23.1 Å². The largest absolute Gasteiger partial charge is 0.392 e. The Hall–Kier alpha value is -1.49. The van der Waals surface area contributed by atoms with Gasteiger partial charge in [0.2, 0.25) is 0 Å². The zero-order valence-corrected chi connectivity index (χ0v) is 10.3. The monoisotopic (exact) mass is 237 g/mol. The fourth-order valence-corrected chi connectivity index (χ4v) is 1.53. The number of carbonyl (C=O) groups excluding carboxylic acids is 1. The van der Waals surface area contributed by atoms with Crippen LogP contribution in [0.1, 0.15) is 23.0 Å². The number of nitrogens with zero attached hydrogens (tertiary/aromatic N) is 2. The predicted molar refractivity (Wildman–Crippen MR) is 67.3 cm³/mol. The molecule has 0 unspecified atom stereocenters. The summed E-state index contributed by atoms with van der Waals surface area (Å²) in [6.45, 7) is 4.59. The number of thiocarbonyl (C=S) groups is 1. The summed E-state index contributed by atoms with van der Waals surface area (Å²) < 4.78 is 0. The van der Waals surface area contributed by atoms with Crippen LogP contribution in [0, 0.1) is 6.92 Å². The molecule has 0 aliphatic heterocycles. The third-order valence-electron chi connectivity index (χ3n) is 2.23. The molecule has 1 rings (SSSR count). The number of amides is 1. The number of pyridine rings is 1. The van der Waals surface area contributed by atoms with Gasteiger partial charge >= 0.3 is 0 Å². The van der Waals surface area contributed by atoms with Crippen LogP contribution in [-0.4, -0.2) is 33.9 Å². The average Bonchev–Trinajstić information content (AvgIpc) is 2.25. The van der Waals surface area contributed by atoms with E-state index in [9.17, 15) is 4.79 Å². The summed E-state index contributed by atoms with van der Waals surface area (Å²) >= 11 is 4.80. The molecule has 0 bridgehead atoms. The van der Waals surface area contributed by atoms with Gasteiger partial charge in [-0.15, -0.1) is 0 Å². The molecule has 86 valence electrons. The molecule has 1 amide bonds. The van der Waals surface area contributed by atoms with Crippen molar-refractivity contribution in [2.45, 2.75) is 13.8 Å². The maximum Gasteiger partial charge on any atom is 0.273 e. The summed E-state index contributed by atoms with van der Waals surface area (Å²) in [5.41, 5.74) is 6.75. The third-order valence-corrected chi connectivity index (χ3v) is 2.36. The Morgan fingerprint density at radius 1 is 1.62 bits per heavy atom. The van der Waals surface area contributed by atoms with Crippen molar-refractivity contribution in [1.82, 2.24) is 9.88 Å². The van der Waals surface area contributed by atoms with Crippen LogP contribution in [-0.2, 0) is 0 Å². The second-order valence-electron chi connectivity index (χ2n) is 3.45. The molecule has 0 saturated carbocycles. The summed E-state index contributed by atoms with van der Waals surface area (Å²) in [7, 11) is 0. The standard InChI is InChI=1S/C11H15N3OS/c1-3-14(7-9(12)16)11(15)10-8(2)5-4-6-13-10/h4-6H,3,7H2,1-2H3,(H2,12,16). The van der Waals surface area contributed by atoms with Crippen LogP contribution < -0.4 is 5.73 Å². The summed E-state index contributed by atoms with van der Waals surface area (Å²) in [6, 6.07) is 3.66. The van der Waals surface area contributed by atoms with Gasteiger partial charge in [-0.05, 0) is 25.5 Å². The quantitative estimate of drug-likeness (QED) is 0.798. The van der Waals surface area contributed by atoms with Crippen molar-refractivity contribution in [3.8, 4) is 0 Å². The molecule has 0 spiro atoms. The maximum absolute atomic E-state index is 12.1. The van der Waals surface area contributed by atoms with Gasteiger partial charge in [0.25, 0.3) is 5.91 Å². The van der Waals surface area contributed by atoms with Crippen LogP contribution in [0.5, 0.6) is 0 Å². The lowest BCUT2D eigenvalue weighted by Crippen LogP contribution is -2.38. The van der Waals surface area contributed by atoms with E-state index in [-0.39, 0.29) is 5.91 Å². The van der Waals surface area contributed by atoms with E-state index in [2.05, 4.69) is 4.98 Å². The van der Waals surface area contributed by atoms with Crippen molar-refractivity contribution in [1.29, 1.82) is 0 Å². The Morgan fingerprint density at radius 2 is 2.31 bits per heavy atom. The van der Waals surface area contributed by atoms with E-state index in [1.807, 2.05) is 19.9 Å². The lowest BCUT2D eigenvalue weighted by atomic mass is 10.2. The van der Waals surface area contributed by atoms with Crippen molar-refractivity contribution in [2.24, 2.45) is 5.73 Å². The van der Waals surface area contributed by atoms with E-state index in [1.165, 1.54) is 0 Å². The molecule has 0 aliphatic carbocycles. The molecule has 0 aromatic carbocycles. The molecule has 1 aromatic heterocycles. The first-order valence-electron chi connectivity index (χ1n) is 5.05. The van der Waals surface area contributed by atoms with Gasteiger partial charge in [-0.2, -0.15) is 0 Å². The Balaban J connectivity index is 2.91. The van der Waals surface area contributed by atoms with Gasteiger partial charge in [-0.25, -0.2) is 0 Å². The number of likely N-dealkylation sites (N-methyl/N-ethyl adjacent to an activating group) is 1. The molecule has 0 aliphatic rings. The van der Waals surface area contributed by atoms with Crippen LogP contribution in [0.15, 0.2) is 18.3 Å². The first kappa shape index (κ1) is 12.6. The molecule has 4 nitrogen and oxygen atoms in total. The minimum atomic E-state index is -0.131. The molecule has 1 heterocycles. The molecule has 0 fully saturated rings. The van der Waals surface area contributed by atoms with E-state index < -0.39 is 0 Å². The number of carbonyl (C=O) groups is 1. The second-order valence-corrected chi connectivity index (χ2v) is 3.98. The van der Waals surface area contributed by atoms with E-state index in [1.54, 1.807) is 17.2 Å². The smallest absolute Gasteiger partial charge is 0.273 e. The van der Waals surface area contributed by atoms with Crippen LogP contribution in [0.25, 0.3) is 0 Å². The molecule has 5 heteroatoms. The van der Waals surface area contributed by atoms with Crippen molar-refractivity contribution in [2.75, 3.05) is 13.1 Å². The number of aryl methyl sites for hydroxylation is 1. The van der Waals surface area contributed by atoms with Crippen LogP contribution in [0.2, 0.25) is 0 Å². The lowest BCUT2D eigenvalue weighted by Gasteiger charge is -2.20. The highest BCUT2D eigenvalue weighted by atomic mass is 32.1. The van der Waals surface area contributed by atoms with E-state index in [0.29, 0.717) is 23.8 Å². The van der Waals surface area contributed by atoms with Crippen LogP contribution in [0.4, 0.5) is 0 Å². The van der Waals surface area contributed by atoms with Crippen LogP contribution in [0.3, 0.4) is 0 Å². The predicted octanol–water partition coefficient (Wildman–Crippen LogP) is 1.14. The minimum Gasteiger partial charge on any atom is -0.392 e. The average molecular weight is 237 g/mol. The maximum atomic E-state index is 12.1. The third kappa shape index (κ3) is 3.00. The molecule has 0 saturated heterocycles. The van der Waals surface area contributed by atoms with Gasteiger partial charge in [0.05, 0.1) is 11.5 Å². The zero-order valence-electron chi connectivity index (χ0n) is 9.43. The van der Waals surface area contributed by atoms with Crippen molar-refractivity contribution in [3.63, 3.8) is 0 Å². The summed E-state index contributed by atoms with van der Waals surface area (Å²) in [5.74, 6) is -0.131. The van der Waals surface area contributed by atoms with Gasteiger partial charge < -0.3 is 10.6 Å². The number of hydrogen-bond acceptors (Lipinski definition) is 3. The van der Waals surface area contributed by atoms with Crippen molar-refractivity contribution in [3.05, 3.63) is 29.6 Å². The summed E-state index contributed by atoms with van der Waals surface area (Å²) in [4.78, 5) is 18.0. The summed E-state index contributed by atoms with van der Waals surface area (Å²) in [5, 5.41) is 0. The second kappa shape index (κ2) is 5.55. The van der Waals surface area contributed by atoms with Gasteiger partial charge in [0.15, 0.2) is 0 Å². The number of rotatable bonds is 4. The fraction of sp³-hybridized carbons (Fsp3) is 0.364. The van der Waals surface area contributed by atoms with Gasteiger partial charge in [0.1, 0.15) is 5.69 Å². The normalized spacial score (nSPS) is 9.88. The highest BCUT2D eigenvalue weighted by molar-refractivity contribution is 7.80. The minimum absolute atomic E-state index is 0.131. The van der Waals surface area contributed by atoms with Gasteiger partial charge in [-0.3, -0.25) is 9.78 Å². The van der Waals surface area contributed by atoms with E-state index in [4.69, 9.17) is 18.0 Å². The lowest BCUT2D eigenvalue weighted by molar-refractivity contribution is 0.0781. The first-order chi connectivity index (χ1) is 7.56. The molecular formula is C11H15N3OS. The molecule has 1 aromatic rings. The Kier molecular flexibility index (Phi) is 4.37. The topological polar surface area (TPSA) is 59.2 Å². The molecule has 0 radical (unpaired) electrons. The molecular weight excluding hydrogens is 222 g/mol. The molecule has 0 atom stereocenters. The SMILES string of the molecule is CCN(CC(N)=S)C(=O)c1ncccc1C. The van der Waals surface area contributed by atoms with Gasteiger partial charge in [-0.1, -0.05) is 18.3 Å². The highest BCUT2D eigenvalue weighted by Crippen LogP contribution is 2.07. The molecule has 16 heavy (non-hydrogen) atoms. The fourth-order valence-electron chi connectivity index (χ4n) is 1.37.